The molecular formula is C17H27NO2. The SMILES string of the molecule is CCC1CCCC(Oc2cc(CNC)ccc2OC)C1. The Bertz CT molecular complexity index is 419. The molecule has 0 saturated heterocycles. The van der Waals surface area contributed by atoms with E-state index in [2.05, 4.69) is 24.4 Å². The number of hydrogen-bond acceptors (Lipinski definition) is 3. The first-order valence-corrected chi connectivity index (χ1v) is 7.75. The Hall–Kier alpha value is -1.22. The van der Waals surface area contributed by atoms with Gasteiger partial charge in [-0.1, -0.05) is 25.8 Å². The van der Waals surface area contributed by atoms with E-state index in [1.165, 1.54) is 31.2 Å². The molecule has 0 bridgehead atoms. The molecular weight excluding hydrogens is 250 g/mol. The first-order valence-electron chi connectivity index (χ1n) is 7.75. The number of ether oxygens (including phenoxy) is 2. The molecule has 1 aliphatic carbocycles. The predicted octanol–water partition coefficient (Wildman–Crippen LogP) is 3.76. The first-order chi connectivity index (χ1) is 9.76. The van der Waals surface area contributed by atoms with E-state index in [1.807, 2.05) is 13.1 Å². The summed E-state index contributed by atoms with van der Waals surface area (Å²) in [5.41, 5.74) is 1.23. The highest BCUT2D eigenvalue weighted by atomic mass is 16.5. The van der Waals surface area contributed by atoms with E-state index in [4.69, 9.17) is 9.47 Å². The lowest BCUT2D eigenvalue weighted by molar-refractivity contribution is 0.118. The quantitative estimate of drug-likeness (QED) is 0.858. The summed E-state index contributed by atoms with van der Waals surface area (Å²) < 4.78 is 11.7. The van der Waals surface area contributed by atoms with Gasteiger partial charge in [0.15, 0.2) is 11.5 Å². The molecule has 1 saturated carbocycles. The smallest absolute Gasteiger partial charge is 0.161 e. The summed E-state index contributed by atoms with van der Waals surface area (Å²) in [5.74, 6) is 2.55. The van der Waals surface area contributed by atoms with Crippen LogP contribution in [0.15, 0.2) is 18.2 Å². The standard InChI is InChI=1S/C17H27NO2/c1-4-13-6-5-7-15(10-13)20-17-11-14(12-18-2)8-9-16(17)19-3/h8-9,11,13,15,18H,4-7,10,12H2,1-3H3. The van der Waals surface area contributed by atoms with Crippen LogP contribution in [-0.2, 0) is 6.54 Å². The molecule has 0 heterocycles. The largest absolute Gasteiger partial charge is 0.493 e. The first kappa shape index (κ1) is 15.2. The van der Waals surface area contributed by atoms with Crippen LogP contribution in [0.3, 0.4) is 0 Å². The van der Waals surface area contributed by atoms with Gasteiger partial charge in [0.2, 0.25) is 0 Å². The van der Waals surface area contributed by atoms with Crippen molar-refractivity contribution in [2.75, 3.05) is 14.2 Å². The molecule has 0 radical (unpaired) electrons. The fourth-order valence-electron chi connectivity index (χ4n) is 3.03. The van der Waals surface area contributed by atoms with E-state index in [0.717, 1.165) is 30.4 Å². The number of nitrogens with one attached hydrogen (secondary N) is 1. The second-order valence-corrected chi connectivity index (χ2v) is 5.70. The minimum Gasteiger partial charge on any atom is -0.493 e. The molecule has 1 aromatic carbocycles. The van der Waals surface area contributed by atoms with E-state index in [-0.39, 0.29) is 0 Å². The Balaban J connectivity index is 2.08. The third-order valence-electron chi connectivity index (χ3n) is 4.21. The van der Waals surface area contributed by atoms with Gasteiger partial charge in [-0.05, 0) is 49.9 Å². The van der Waals surface area contributed by atoms with Crippen LogP contribution in [0.5, 0.6) is 11.5 Å². The molecule has 2 rings (SSSR count). The minimum absolute atomic E-state index is 0.340. The zero-order chi connectivity index (χ0) is 14.4. The van der Waals surface area contributed by atoms with E-state index >= 15 is 0 Å². The van der Waals surface area contributed by atoms with Gasteiger partial charge in [-0.3, -0.25) is 0 Å². The summed E-state index contributed by atoms with van der Waals surface area (Å²) in [6.45, 7) is 3.13. The average molecular weight is 277 g/mol. The van der Waals surface area contributed by atoms with Gasteiger partial charge in [0, 0.05) is 6.54 Å². The van der Waals surface area contributed by atoms with E-state index < -0.39 is 0 Å². The fourth-order valence-corrected chi connectivity index (χ4v) is 3.03. The van der Waals surface area contributed by atoms with Crippen LogP contribution < -0.4 is 14.8 Å². The van der Waals surface area contributed by atoms with Gasteiger partial charge in [-0.2, -0.15) is 0 Å². The molecule has 0 aliphatic heterocycles. The molecule has 3 nitrogen and oxygen atoms in total. The molecule has 1 fully saturated rings. The summed E-state index contributed by atoms with van der Waals surface area (Å²) >= 11 is 0. The van der Waals surface area contributed by atoms with Crippen molar-refractivity contribution in [2.24, 2.45) is 5.92 Å². The van der Waals surface area contributed by atoms with Crippen molar-refractivity contribution in [3.05, 3.63) is 23.8 Å². The van der Waals surface area contributed by atoms with Crippen LogP contribution in [0.25, 0.3) is 0 Å². The van der Waals surface area contributed by atoms with Crippen LogP contribution in [0.1, 0.15) is 44.6 Å². The maximum atomic E-state index is 6.24. The molecule has 0 spiro atoms. The second kappa shape index (κ2) is 7.53. The number of rotatable bonds is 6. The highest BCUT2D eigenvalue weighted by molar-refractivity contribution is 5.43. The number of benzene rings is 1. The van der Waals surface area contributed by atoms with Crippen LogP contribution >= 0.6 is 0 Å². The lowest BCUT2D eigenvalue weighted by Gasteiger charge is -2.29. The molecule has 1 N–H and O–H groups in total. The molecule has 0 amide bonds. The summed E-state index contributed by atoms with van der Waals surface area (Å²) in [4.78, 5) is 0. The van der Waals surface area contributed by atoms with Gasteiger partial charge in [0.25, 0.3) is 0 Å². The average Bonchev–Trinajstić information content (AvgIpc) is 2.48. The topological polar surface area (TPSA) is 30.5 Å². The van der Waals surface area contributed by atoms with Crippen molar-refractivity contribution < 1.29 is 9.47 Å². The summed E-state index contributed by atoms with van der Waals surface area (Å²) in [5, 5.41) is 3.17. The van der Waals surface area contributed by atoms with Crippen LogP contribution in [0, 0.1) is 5.92 Å². The molecule has 20 heavy (non-hydrogen) atoms. The monoisotopic (exact) mass is 277 g/mol. The van der Waals surface area contributed by atoms with Crippen molar-refractivity contribution >= 4 is 0 Å². The lowest BCUT2D eigenvalue weighted by Crippen LogP contribution is -2.25. The van der Waals surface area contributed by atoms with Crippen molar-refractivity contribution in [3.8, 4) is 11.5 Å². The van der Waals surface area contributed by atoms with Gasteiger partial charge in [-0.15, -0.1) is 0 Å². The van der Waals surface area contributed by atoms with Crippen molar-refractivity contribution in [2.45, 2.75) is 51.7 Å². The van der Waals surface area contributed by atoms with Crippen LogP contribution in [0.2, 0.25) is 0 Å². The molecule has 1 aromatic rings. The molecule has 112 valence electrons. The number of hydrogen-bond donors (Lipinski definition) is 1. The molecule has 2 unspecified atom stereocenters. The third kappa shape index (κ3) is 3.89. The van der Waals surface area contributed by atoms with Crippen molar-refractivity contribution in [1.82, 2.24) is 5.32 Å². The predicted molar refractivity (Wildman–Crippen MR) is 82.4 cm³/mol. The summed E-state index contributed by atoms with van der Waals surface area (Å²) in [6.07, 6.45) is 6.57. The highest BCUT2D eigenvalue weighted by Crippen LogP contribution is 2.34. The summed E-state index contributed by atoms with van der Waals surface area (Å²) in [6, 6.07) is 6.19. The molecule has 1 aliphatic rings. The summed E-state index contributed by atoms with van der Waals surface area (Å²) in [7, 11) is 3.66. The van der Waals surface area contributed by atoms with E-state index in [9.17, 15) is 0 Å². The Kier molecular flexibility index (Phi) is 5.72. The maximum Gasteiger partial charge on any atom is 0.161 e. The van der Waals surface area contributed by atoms with E-state index in [1.54, 1.807) is 7.11 Å². The maximum absolute atomic E-state index is 6.24. The normalized spacial score (nSPS) is 22.6. The van der Waals surface area contributed by atoms with Crippen LogP contribution in [-0.4, -0.2) is 20.3 Å². The molecule has 3 heteroatoms. The zero-order valence-electron chi connectivity index (χ0n) is 12.9. The van der Waals surface area contributed by atoms with Gasteiger partial charge in [0.05, 0.1) is 13.2 Å². The van der Waals surface area contributed by atoms with E-state index in [0.29, 0.717) is 6.10 Å². The molecule has 0 aromatic heterocycles. The second-order valence-electron chi connectivity index (χ2n) is 5.70. The van der Waals surface area contributed by atoms with Gasteiger partial charge < -0.3 is 14.8 Å². The van der Waals surface area contributed by atoms with Gasteiger partial charge in [0.1, 0.15) is 0 Å². The fraction of sp³-hybridized carbons (Fsp3) is 0.647. The van der Waals surface area contributed by atoms with Crippen LogP contribution in [0.4, 0.5) is 0 Å². The Morgan fingerprint density at radius 2 is 2.10 bits per heavy atom. The lowest BCUT2D eigenvalue weighted by atomic mass is 9.85. The third-order valence-corrected chi connectivity index (χ3v) is 4.21. The van der Waals surface area contributed by atoms with Crippen molar-refractivity contribution in [1.29, 1.82) is 0 Å². The van der Waals surface area contributed by atoms with Gasteiger partial charge in [-0.25, -0.2) is 0 Å². The number of methoxy groups -OCH3 is 1. The molecule has 2 atom stereocenters. The Labute approximate surface area is 122 Å². The van der Waals surface area contributed by atoms with Gasteiger partial charge >= 0.3 is 0 Å². The highest BCUT2D eigenvalue weighted by Gasteiger charge is 2.23. The Morgan fingerprint density at radius 1 is 1.25 bits per heavy atom. The van der Waals surface area contributed by atoms with Crippen molar-refractivity contribution in [3.63, 3.8) is 0 Å². The zero-order valence-corrected chi connectivity index (χ0v) is 12.9. The minimum atomic E-state index is 0.340. The Morgan fingerprint density at radius 3 is 2.80 bits per heavy atom.